The van der Waals surface area contributed by atoms with Crippen LogP contribution in [0.15, 0.2) is 30.3 Å². The van der Waals surface area contributed by atoms with E-state index in [9.17, 15) is 0 Å². The highest BCUT2D eigenvalue weighted by atomic mass is 15.4. The number of hydrogen-bond acceptors (Lipinski definition) is 4. The molecular weight excluding hydrogens is 262 g/mol. The van der Waals surface area contributed by atoms with Crippen molar-refractivity contribution in [1.82, 2.24) is 15.2 Å². The van der Waals surface area contributed by atoms with Crippen LogP contribution in [0.4, 0.5) is 5.95 Å². The molecule has 0 bridgehead atoms. The number of piperidine rings is 1. The Morgan fingerprint density at radius 1 is 1.29 bits per heavy atom. The summed E-state index contributed by atoms with van der Waals surface area (Å²) < 4.78 is 0. The average molecular weight is 285 g/mol. The summed E-state index contributed by atoms with van der Waals surface area (Å²) in [6.07, 6.45) is 4.05. The molecule has 0 amide bonds. The Morgan fingerprint density at radius 2 is 2.10 bits per heavy atom. The van der Waals surface area contributed by atoms with Gasteiger partial charge in [-0.05, 0) is 31.7 Å². The summed E-state index contributed by atoms with van der Waals surface area (Å²) in [6.45, 7) is 3.15. The fourth-order valence-corrected chi connectivity index (χ4v) is 2.89. The maximum atomic E-state index is 6.14. The van der Waals surface area contributed by atoms with Crippen LogP contribution in [0.1, 0.15) is 31.2 Å². The number of nitrogens with zero attached hydrogens (tertiary/aromatic N) is 3. The van der Waals surface area contributed by atoms with Crippen LogP contribution in [0.2, 0.25) is 0 Å². The van der Waals surface area contributed by atoms with Crippen LogP contribution in [-0.4, -0.2) is 33.8 Å². The minimum absolute atomic E-state index is 0.213. The molecular formula is C16H23N5. The van der Waals surface area contributed by atoms with Gasteiger partial charge in [-0.25, -0.2) is 0 Å². The van der Waals surface area contributed by atoms with Gasteiger partial charge in [0, 0.05) is 25.0 Å². The number of H-pyrrole nitrogens is 1. The van der Waals surface area contributed by atoms with Gasteiger partial charge in [-0.15, -0.1) is 5.10 Å². The smallest absolute Gasteiger partial charge is 0.244 e. The molecule has 21 heavy (non-hydrogen) atoms. The van der Waals surface area contributed by atoms with E-state index in [2.05, 4.69) is 51.3 Å². The Bertz CT molecular complexity index is 565. The summed E-state index contributed by atoms with van der Waals surface area (Å²) in [5, 5.41) is 7.44. The fourth-order valence-electron chi connectivity index (χ4n) is 2.89. The standard InChI is InChI=1S/C16H23N5/c1-12-14(17)8-5-11-21(12)16-18-15(19-20-16)10-9-13-6-3-2-4-7-13/h2-4,6-7,12,14H,5,8-11,17H2,1H3,(H,18,19,20). The van der Waals surface area contributed by atoms with Gasteiger partial charge in [0.05, 0.1) is 0 Å². The van der Waals surface area contributed by atoms with Crippen molar-refractivity contribution in [3.8, 4) is 0 Å². The lowest BCUT2D eigenvalue weighted by Crippen LogP contribution is -2.50. The Balaban J connectivity index is 1.63. The van der Waals surface area contributed by atoms with Gasteiger partial charge in [-0.2, -0.15) is 4.98 Å². The zero-order chi connectivity index (χ0) is 14.7. The maximum absolute atomic E-state index is 6.14. The lowest BCUT2D eigenvalue weighted by Gasteiger charge is -2.36. The number of anilines is 1. The Morgan fingerprint density at radius 3 is 2.90 bits per heavy atom. The van der Waals surface area contributed by atoms with Crippen molar-refractivity contribution < 1.29 is 0 Å². The highest BCUT2D eigenvalue weighted by Crippen LogP contribution is 2.20. The van der Waals surface area contributed by atoms with Gasteiger partial charge < -0.3 is 10.6 Å². The molecule has 3 rings (SSSR count). The molecule has 0 spiro atoms. The maximum Gasteiger partial charge on any atom is 0.244 e. The van der Waals surface area contributed by atoms with E-state index in [4.69, 9.17) is 5.73 Å². The van der Waals surface area contributed by atoms with Crippen LogP contribution < -0.4 is 10.6 Å². The second-order valence-electron chi connectivity index (χ2n) is 5.81. The van der Waals surface area contributed by atoms with Crippen molar-refractivity contribution in [2.45, 2.75) is 44.7 Å². The Labute approximate surface area is 125 Å². The third-order valence-corrected chi connectivity index (χ3v) is 4.32. The summed E-state index contributed by atoms with van der Waals surface area (Å²) in [5.74, 6) is 1.74. The van der Waals surface area contributed by atoms with Gasteiger partial charge in [-0.3, -0.25) is 5.10 Å². The van der Waals surface area contributed by atoms with Crippen molar-refractivity contribution in [3.05, 3.63) is 41.7 Å². The zero-order valence-electron chi connectivity index (χ0n) is 12.5. The zero-order valence-corrected chi connectivity index (χ0v) is 12.5. The number of rotatable bonds is 4. The quantitative estimate of drug-likeness (QED) is 0.900. The number of aromatic amines is 1. The third kappa shape index (κ3) is 3.24. The second kappa shape index (κ2) is 6.26. The van der Waals surface area contributed by atoms with E-state index >= 15 is 0 Å². The summed E-state index contributed by atoms with van der Waals surface area (Å²) >= 11 is 0. The molecule has 0 radical (unpaired) electrons. The summed E-state index contributed by atoms with van der Waals surface area (Å²) in [6, 6.07) is 11.0. The molecule has 1 aromatic carbocycles. The normalized spacial score (nSPS) is 22.5. The highest BCUT2D eigenvalue weighted by molar-refractivity contribution is 5.32. The molecule has 2 atom stereocenters. The molecule has 0 aliphatic carbocycles. The fraction of sp³-hybridized carbons (Fsp3) is 0.500. The molecule has 112 valence electrons. The number of nitrogens with two attached hydrogens (primary N) is 1. The average Bonchev–Trinajstić information content (AvgIpc) is 2.98. The first kappa shape index (κ1) is 14.1. The lowest BCUT2D eigenvalue weighted by molar-refractivity contribution is 0.416. The number of aromatic nitrogens is 3. The van der Waals surface area contributed by atoms with Crippen LogP contribution >= 0.6 is 0 Å². The minimum atomic E-state index is 0.213. The van der Waals surface area contributed by atoms with Gasteiger partial charge in [0.15, 0.2) is 0 Å². The Hall–Kier alpha value is -1.88. The van der Waals surface area contributed by atoms with E-state index in [0.717, 1.165) is 44.0 Å². The third-order valence-electron chi connectivity index (χ3n) is 4.32. The molecule has 3 N–H and O–H groups in total. The van der Waals surface area contributed by atoms with Crippen molar-refractivity contribution in [2.24, 2.45) is 5.73 Å². The molecule has 1 aliphatic heterocycles. The molecule has 2 heterocycles. The molecule has 1 aromatic heterocycles. The molecule has 0 saturated carbocycles. The van der Waals surface area contributed by atoms with E-state index < -0.39 is 0 Å². The Kier molecular flexibility index (Phi) is 4.20. The first-order valence-corrected chi connectivity index (χ1v) is 7.71. The van der Waals surface area contributed by atoms with Crippen LogP contribution in [0, 0.1) is 0 Å². The summed E-state index contributed by atoms with van der Waals surface area (Å²) in [7, 11) is 0. The van der Waals surface area contributed by atoms with E-state index in [0.29, 0.717) is 6.04 Å². The molecule has 5 nitrogen and oxygen atoms in total. The largest absolute Gasteiger partial charge is 0.335 e. The van der Waals surface area contributed by atoms with E-state index in [-0.39, 0.29) is 6.04 Å². The van der Waals surface area contributed by atoms with E-state index in [1.807, 2.05) is 6.07 Å². The van der Waals surface area contributed by atoms with Crippen molar-refractivity contribution in [3.63, 3.8) is 0 Å². The molecule has 2 unspecified atom stereocenters. The van der Waals surface area contributed by atoms with Crippen molar-refractivity contribution in [2.75, 3.05) is 11.4 Å². The topological polar surface area (TPSA) is 70.8 Å². The second-order valence-corrected chi connectivity index (χ2v) is 5.81. The van der Waals surface area contributed by atoms with Gasteiger partial charge in [0.25, 0.3) is 0 Å². The number of nitrogens with one attached hydrogen (secondary N) is 1. The summed E-state index contributed by atoms with van der Waals surface area (Å²) in [4.78, 5) is 6.86. The highest BCUT2D eigenvalue weighted by Gasteiger charge is 2.27. The van der Waals surface area contributed by atoms with Crippen molar-refractivity contribution in [1.29, 1.82) is 0 Å². The van der Waals surface area contributed by atoms with Crippen LogP contribution in [0.5, 0.6) is 0 Å². The first-order chi connectivity index (χ1) is 10.2. The van der Waals surface area contributed by atoms with Gasteiger partial charge in [0.1, 0.15) is 5.82 Å². The number of aryl methyl sites for hydroxylation is 2. The monoisotopic (exact) mass is 285 g/mol. The summed E-state index contributed by atoms with van der Waals surface area (Å²) in [5.41, 5.74) is 7.46. The molecule has 1 saturated heterocycles. The molecule has 5 heteroatoms. The number of hydrogen-bond donors (Lipinski definition) is 2. The van der Waals surface area contributed by atoms with E-state index in [1.54, 1.807) is 0 Å². The molecule has 2 aromatic rings. The predicted octanol–water partition coefficient (Wildman–Crippen LogP) is 1.91. The minimum Gasteiger partial charge on any atom is -0.335 e. The van der Waals surface area contributed by atoms with Crippen LogP contribution in [-0.2, 0) is 12.8 Å². The molecule has 1 aliphatic rings. The lowest BCUT2D eigenvalue weighted by atomic mass is 9.99. The van der Waals surface area contributed by atoms with Crippen LogP contribution in [0.25, 0.3) is 0 Å². The SMILES string of the molecule is CC1C(N)CCCN1c1n[nH]c(CCc2ccccc2)n1. The number of benzene rings is 1. The first-order valence-electron chi connectivity index (χ1n) is 7.71. The van der Waals surface area contributed by atoms with Crippen molar-refractivity contribution >= 4 is 5.95 Å². The van der Waals surface area contributed by atoms with E-state index in [1.165, 1.54) is 5.56 Å². The predicted molar refractivity (Wildman–Crippen MR) is 84.3 cm³/mol. The van der Waals surface area contributed by atoms with Gasteiger partial charge in [-0.1, -0.05) is 30.3 Å². The van der Waals surface area contributed by atoms with Gasteiger partial charge in [0.2, 0.25) is 5.95 Å². The molecule has 1 fully saturated rings. The van der Waals surface area contributed by atoms with Gasteiger partial charge >= 0.3 is 0 Å². The van der Waals surface area contributed by atoms with Crippen LogP contribution in [0.3, 0.4) is 0 Å².